The van der Waals surface area contributed by atoms with Crippen molar-refractivity contribution in [2.75, 3.05) is 7.11 Å². The molecule has 0 saturated carbocycles. The van der Waals surface area contributed by atoms with Crippen molar-refractivity contribution in [2.45, 2.75) is 31.3 Å². The second kappa shape index (κ2) is 10.1. The Morgan fingerprint density at radius 1 is 0.872 bits per heavy atom. The van der Waals surface area contributed by atoms with Crippen LogP contribution in [-0.2, 0) is 14.8 Å². The van der Waals surface area contributed by atoms with Crippen LogP contribution in [-0.4, -0.2) is 37.0 Å². The largest absolute Gasteiger partial charge is 0.480 e. The van der Waals surface area contributed by atoms with E-state index in [0.717, 1.165) is 10.8 Å². The molecule has 4 aromatic rings. The minimum absolute atomic E-state index is 0.0864. The number of amidine groups is 1. The molecule has 2 heterocycles. The molecule has 1 unspecified atom stereocenters. The predicted molar refractivity (Wildman–Crippen MR) is 149 cm³/mol. The number of benzene rings is 3. The van der Waals surface area contributed by atoms with E-state index in [1.807, 2.05) is 63.2 Å². The molecule has 0 radical (unpaired) electrons. The van der Waals surface area contributed by atoms with Crippen molar-refractivity contribution in [1.82, 2.24) is 20.0 Å². The zero-order valence-electron chi connectivity index (χ0n) is 22.0. The lowest BCUT2D eigenvalue weighted by Gasteiger charge is -2.45. The van der Waals surface area contributed by atoms with Crippen molar-refractivity contribution in [3.8, 4) is 5.75 Å². The van der Waals surface area contributed by atoms with Gasteiger partial charge in [0.15, 0.2) is 17.3 Å². The Hall–Kier alpha value is -4.28. The lowest BCUT2D eigenvalue weighted by atomic mass is 9.79. The number of fused-ring (bicyclic) bond motifs is 1. The van der Waals surface area contributed by atoms with E-state index < -0.39 is 21.1 Å². The third kappa shape index (κ3) is 4.96. The molecular weight excluding hydrogens is 514 g/mol. The Morgan fingerprint density at radius 2 is 1.54 bits per heavy atom. The molecule has 200 valence electrons. The van der Waals surface area contributed by atoms with Crippen LogP contribution in [0, 0.1) is 5.41 Å². The number of aliphatic imine (C=N–C) groups is 1. The Labute approximate surface area is 227 Å². The molecular formula is C29H29N5O4S. The fraction of sp³-hybridized carbons (Fsp3) is 0.207. The van der Waals surface area contributed by atoms with E-state index in [2.05, 4.69) is 20.0 Å². The average Bonchev–Trinajstić information content (AvgIpc) is 2.94. The highest BCUT2D eigenvalue weighted by atomic mass is 32.2. The Balaban J connectivity index is 1.76. The van der Waals surface area contributed by atoms with Crippen molar-refractivity contribution in [3.63, 3.8) is 0 Å². The number of nitrogens with zero attached hydrogens (tertiary/aromatic N) is 3. The number of methoxy groups -OCH3 is 1. The molecule has 10 heteroatoms. The summed E-state index contributed by atoms with van der Waals surface area (Å²) in [5.41, 5.74) is -2.55. The van der Waals surface area contributed by atoms with E-state index >= 15 is 0 Å². The van der Waals surface area contributed by atoms with Gasteiger partial charge in [-0.25, -0.2) is 23.4 Å². The Kier molecular flexibility index (Phi) is 6.83. The zero-order valence-corrected chi connectivity index (χ0v) is 22.9. The Morgan fingerprint density at radius 3 is 2.23 bits per heavy atom. The summed E-state index contributed by atoms with van der Waals surface area (Å²) in [5.74, 6) is 1.33. The summed E-state index contributed by atoms with van der Waals surface area (Å²) >= 11 is 0. The van der Waals surface area contributed by atoms with Gasteiger partial charge in [0.05, 0.1) is 12.0 Å². The molecule has 0 spiro atoms. The molecule has 39 heavy (non-hydrogen) atoms. The van der Waals surface area contributed by atoms with Crippen LogP contribution in [0.5, 0.6) is 5.75 Å². The number of sulfonamides is 1. The summed E-state index contributed by atoms with van der Waals surface area (Å²) in [6.07, 6.45) is 3.16. The normalized spacial score (nSPS) is 17.9. The maximum atomic E-state index is 13.8. The highest BCUT2D eigenvalue weighted by Crippen LogP contribution is 2.44. The second-order valence-electron chi connectivity index (χ2n) is 9.98. The molecule has 1 aromatic heterocycles. The van der Waals surface area contributed by atoms with Gasteiger partial charge in [-0.1, -0.05) is 75.4 Å². The van der Waals surface area contributed by atoms with E-state index in [1.165, 1.54) is 19.2 Å². The smallest absolute Gasteiger partial charge is 0.242 e. The number of rotatable bonds is 7. The maximum Gasteiger partial charge on any atom is 0.242 e. The highest BCUT2D eigenvalue weighted by Gasteiger charge is 2.54. The summed E-state index contributed by atoms with van der Waals surface area (Å²) in [6.45, 7) is 5.62. The monoisotopic (exact) mass is 543 g/mol. The first-order valence-corrected chi connectivity index (χ1v) is 13.8. The zero-order chi connectivity index (χ0) is 27.7. The molecule has 2 N–H and O–H groups in total. The van der Waals surface area contributed by atoms with Crippen LogP contribution >= 0.6 is 0 Å². The van der Waals surface area contributed by atoms with Gasteiger partial charge >= 0.3 is 0 Å². The number of nitrogens with one attached hydrogen (secondary N) is 2. The lowest BCUT2D eigenvalue weighted by Crippen LogP contribution is -2.61. The number of ether oxygens (including phenoxy) is 2. The van der Waals surface area contributed by atoms with Crippen LogP contribution in [0.15, 0.2) is 113 Å². The number of hydrogen-bond acceptors (Lipinski definition) is 8. The van der Waals surface area contributed by atoms with E-state index in [0.29, 0.717) is 5.75 Å². The first-order chi connectivity index (χ1) is 18.6. The quantitative estimate of drug-likeness (QED) is 0.350. The molecule has 1 aliphatic rings. The highest BCUT2D eigenvalue weighted by molar-refractivity contribution is 7.89. The average molecular weight is 544 g/mol. The van der Waals surface area contributed by atoms with Gasteiger partial charge in [0.25, 0.3) is 0 Å². The van der Waals surface area contributed by atoms with Crippen molar-refractivity contribution in [3.05, 3.63) is 109 Å². The van der Waals surface area contributed by atoms with Crippen LogP contribution in [0.25, 0.3) is 10.8 Å². The molecule has 0 aliphatic carbocycles. The van der Waals surface area contributed by atoms with E-state index in [9.17, 15) is 8.42 Å². The van der Waals surface area contributed by atoms with Gasteiger partial charge in [0, 0.05) is 23.2 Å². The van der Waals surface area contributed by atoms with Crippen LogP contribution in [0.2, 0.25) is 0 Å². The minimum Gasteiger partial charge on any atom is -0.480 e. The SMILES string of the molecule is COC1=C(Oc2cccc3ccccc23)C(NS(=O)(=O)c2ccccc2)(C(C)(C)C)N=C(c2ncccn2)N1. The molecule has 1 atom stereocenters. The van der Waals surface area contributed by atoms with Crippen molar-refractivity contribution in [1.29, 1.82) is 0 Å². The molecule has 0 fully saturated rings. The molecule has 0 amide bonds. The molecule has 3 aromatic carbocycles. The molecule has 5 rings (SSSR count). The van der Waals surface area contributed by atoms with Gasteiger partial charge in [-0.3, -0.25) is 0 Å². The van der Waals surface area contributed by atoms with Crippen LogP contribution < -0.4 is 14.8 Å². The third-order valence-corrected chi connectivity index (χ3v) is 7.87. The van der Waals surface area contributed by atoms with E-state index in [1.54, 1.807) is 36.7 Å². The van der Waals surface area contributed by atoms with Crippen LogP contribution in [0.3, 0.4) is 0 Å². The van der Waals surface area contributed by atoms with Gasteiger partial charge in [0.1, 0.15) is 5.75 Å². The fourth-order valence-electron chi connectivity index (χ4n) is 4.34. The fourth-order valence-corrected chi connectivity index (χ4v) is 5.81. The summed E-state index contributed by atoms with van der Waals surface area (Å²) in [7, 11) is -2.63. The van der Waals surface area contributed by atoms with E-state index in [4.69, 9.17) is 14.5 Å². The Bertz CT molecular complexity index is 1660. The first-order valence-electron chi connectivity index (χ1n) is 12.3. The van der Waals surface area contributed by atoms with Crippen molar-refractivity contribution in [2.24, 2.45) is 10.4 Å². The third-order valence-electron chi connectivity index (χ3n) is 6.41. The van der Waals surface area contributed by atoms with Crippen molar-refractivity contribution >= 4 is 26.6 Å². The molecule has 1 aliphatic heterocycles. The lowest BCUT2D eigenvalue weighted by molar-refractivity contribution is 0.127. The maximum absolute atomic E-state index is 13.8. The molecule has 0 saturated heterocycles. The summed E-state index contributed by atoms with van der Waals surface area (Å²) in [4.78, 5) is 13.7. The van der Waals surface area contributed by atoms with Gasteiger partial charge in [-0.05, 0) is 29.7 Å². The van der Waals surface area contributed by atoms with Crippen LogP contribution in [0.4, 0.5) is 0 Å². The minimum atomic E-state index is -4.10. The number of hydrogen-bond donors (Lipinski definition) is 2. The van der Waals surface area contributed by atoms with Gasteiger partial charge < -0.3 is 14.8 Å². The van der Waals surface area contributed by atoms with Gasteiger partial charge in [-0.15, -0.1) is 0 Å². The second-order valence-corrected chi connectivity index (χ2v) is 11.7. The first kappa shape index (κ1) is 26.3. The van der Waals surface area contributed by atoms with Gasteiger partial charge in [-0.2, -0.15) is 4.72 Å². The molecule has 0 bridgehead atoms. The van der Waals surface area contributed by atoms with Crippen molar-refractivity contribution < 1.29 is 17.9 Å². The predicted octanol–water partition coefficient (Wildman–Crippen LogP) is 4.60. The summed E-state index contributed by atoms with van der Waals surface area (Å²) in [5, 5.41) is 4.92. The summed E-state index contributed by atoms with van der Waals surface area (Å²) < 4.78 is 43.0. The van der Waals surface area contributed by atoms with E-state index in [-0.39, 0.29) is 28.2 Å². The molecule has 9 nitrogen and oxygen atoms in total. The number of aromatic nitrogens is 2. The standard InChI is InChI=1S/C29H29N5O4S/c1-28(2,3)29(34-39(35,36)21-14-6-5-7-15-21)24(38-23-17-10-13-20-12-8-9-16-22(20)23)27(37-4)32-26(33-29)25-30-18-11-19-31-25/h5-19,34H,1-4H3,(H,32,33). The van der Waals surface area contributed by atoms with Crippen LogP contribution in [0.1, 0.15) is 26.6 Å². The van der Waals surface area contributed by atoms with Gasteiger partial charge in [0.2, 0.25) is 21.7 Å². The summed E-state index contributed by atoms with van der Waals surface area (Å²) in [6, 6.07) is 23.3. The topological polar surface area (TPSA) is 115 Å².